The van der Waals surface area contributed by atoms with Crippen LogP contribution in [0.3, 0.4) is 0 Å². The number of benzene rings is 1. The van der Waals surface area contributed by atoms with Crippen molar-refractivity contribution >= 4 is 33.2 Å². The van der Waals surface area contributed by atoms with Crippen LogP contribution in [0.15, 0.2) is 23.1 Å². The first-order valence-electron chi connectivity index (χ1n) is 5.92. The molecule has 1 saturated heterocycles. The van der Waals surface area contributed by atoms with E-state index in [4.69, 9.17) is 27.9 Å². The third-order valence-electron chi connectivity index (χ3n) is 3.18. The highest BCUT2D eigenvalue weighted by molar-refractivity contribution is 7.89. The minimum absolute atomic E-state index is 0.107. The molecule has 0 unspecified atom stereocenters. The quantitative estimate of drug-likeness (QED) is 0.856. The van der Waals surface area contributed by atoms with Crippen molar-refractivity contribution < 1.29 is 13.2 Å². The molecule has 0 N–H and O–H groups in total. The van der Waals surface area contributed by atoms with Crippen LogP contribution in [-0.2, 0) is 14.8 Å². The van der Waals surface area contributed by atoms with Crippen LogP contribution in [0.25, 0.3) is 0 Å². The molecule has 0 aliphatic carbocycles. The Morgan fingerprint density at radius 2 is 2.11 bits per heavy atom. The zero-order chi connectivity index (χ0) is 14.0. The molecule has 0 radical (unpaired) electrons. The fourth-order valence-electron chi connectivity index (χ4n) is 2.26. The normalized spacial score (nSPS) is 20.9. The van der Waals surface area contributed by atoms with E-state index in [-0.39, 0.29) is 16.0 Å². The minimum Gasteiger partial charge on any atom is -0.383 e. The van der Waals surface area contributed by atoms with E-state index >= 15 is 0 Å². The summed E-state index contributed by atoms with van der Waals surface area (Å²) in [5.74, 6) is 0. The van der Waals surface area contributed by atoms with E-state index in [2.05, 4.69) is 0 Å². The molecule has 0 saturated carbocycles. The van der Waals surface area contributed by atoms with E-state index in [1.54, 1.807) is 7.11 Å². The Morgan fingerprint density at radius 3 is 2.74 bits per heavy atom. The second kappa shape index (κ2) is 5.97. The number of hydrogen-bond donors (Lipinski definition) is 0. The smallest absolute Gasteiger partial charge is 0.243 e. The monoisotopic (exact) mass is 323 g/mol. The molecule has 1 aliphatic rings. The van der Waals surface area contributed by atoms with Gasteiger partial charge in [0.2, 0.25) is 10.0 Å². The Balaban J connectivity index is 2.33. The summed E-state index contributed by atoms with van der Waals surface area (Å²) in [7, 11) is -1.97. The van der Waals surface area contributed by atoms with E-state index < -0.39 is 10.0 Å². The van der Waals surface area contributed by atoms with E-state index in [1.807, 2.05) is 0 Å². The van der Waals surface area contributed by atoms with Crippen LogP contribution >= 0.6 is 23.2 Å². The Labute approximate surface area is 123 Å². The van der Waals surface area contributed by atoms with Gasteiger partial charge in [-0.2, -0.15) is 4.31 Å². The van der Waals surface area contributed by atoms with Crippen molar-refractivity contribution in [3.63, 3.8) is 0 Å². The highest BCUT2D eigenvalue weighted by Gasteiger charge is 2.35. The third kappa shape index (κ3) is 3.06. The summed E-state index contributed by atoms with van der Waals surface area (Å²) in [5, 5.41) is 0.584. The van der Waals surface area contributed by atoms with Crippen LogP contribution in [0.5, 0.6) is 0 Å². The maximum absolute atomic E-state index is 12.6. The van der Waals surface area contributed by atoms with Gasteiger partial charge >= 0.3 is 0 Å². The van der Waals surface area contributed by atoms with Crippen LogP contribution < -0.4 is 0 Å². The van der Waals surface area contributed by atoms with Gasteiger partial charge < -0.3 is 4.74 Å². The van der Waals surface area contributed by atoms with Gasteiger partial charge in [0.05, 0.1) is 21.5 Å². The Bertz CT molecular complexity index is 562. The maximum Gasteiger partial charge on any atom is 0.243 e. The second-order valence-electron chi connectivity index (χ2n) is 4.44. The zero-order valence-corrected chi connectivity index (χ0v) is 12.8. The molecule has 19 heavy (non-hydrogen) atoms. The number of methoxy groups -OCH3 is 1. The molecule has 0 amide bonds. The van der Waals surface area contributed by atoms with Crippen LogP contribution in [0.1, 0.15) is 12.8 Å². The van der Waals surface area contributed by atoms with Crippen molar-refractivity contribution in [1.29, 1.82) is 0 Å². The molecule has 106 valence electrons. The number of hydrogen-bond acceptors (Lipinski definition) is 3. The molecule has 0 bridgehead atoms. The summed E-state index contributed by atoms with van der Waals surface area (Å²) in [5.41, 5.74) is 0. The predicted octanol–water partition coefficient (Wildman–Crippen LogP) is 2.79. The van der Waals surface area contributed by atoms with Crippen LogP contribution in [0.2, 0.25) is 10.0 Å². The summed E-state index contributed by atoms with van der Waals surface area (Å²) in [6.45, 7) is 0.914. The highest BCUT2D eigenvalue weighted by atomic mass is 35.5. The molecule has 1 heterocycles. The summed E-state index contributed by atoms with van der Waals surface area (Å²) in [6, 6.07) is 4.26. The Kier molecular flexibility index (Phi) is 4.74. The van der Waals surface area contributed by atoms with Crippen LogP contribution in [-0.4, -0.2) is 39.0 Å². The third-order valence-corrected chi connectivity index (χ3v) is 5.87. The fraction of sp³-hybridized carbons (Fsp3) is 0.500. The van der Waals surface area contributed by atoms with Gasteiger partial charge in [-0.15, -0.1) is 0 Å². The SMILES string of the molecule is COC[C@@H]1CCCN1S(=O)(=O)c1ccc(Cl)c(Cl)c1. The van der Waals surface area contributed by atoms with Gasteiger partial charge in [0.25, 0.3) is 0 Å². The summed E-state index contributed by atoms with van der Waals surface area (Å²) in [4.78, 5) is 0.171. The fourth-order valence-corrected chi connectivity index (χ4v) is 4.33. The van der Waals surface area contributed by atoms with E-state index in [9.17, 15) is 8.42 Å². The standard InChI is InChI=1S/C12H15Cl2NO3S/c1-18-8-9-3-2-6-15(9)19(16,17)10-4-5-11(13)12(14)7-10/h4-5,7,9H,2-3,6,8H2,1H3/t9-/m0/s1. The molecule has 7 heteroatoms. The van der Waals surface area contributed by atoms with Gasteiger partial charge in [-0.25, -0.2) is 8.42 Å². The molecule has 1 fully saturated rings. The number of ether oxygens (including phenoxy) is 1. The van der Waals surface area contributed by atoms with Gasteiger partial charge in [-0.05, 0) is 31.0 Å². The molecule has 0 spiro atoms. The number of nitrogens with zero attached hydrogens (tertiary/aromatic N) is 1. The molecule has 0 aromatic heterocycles. The second-order valence-corrected chi connectivity index (χ2v) is 7.15. The molecule has 1 aromatic carbocycles. The van der Waals surface area contributed by atoms with E-state index in [0.717, 1.165) is 12.8 Å². The summed E-state index contributed by atoms with van der Waals surface area (Å²) >= 11 is 11.7. The Morgan fingerprint density at radius 1 is 1.37 bits per heavy atom. The largest absolute Gasteiger partial charge is 0.383 e. The lowest BCUT2D eigenvalue weighted by Gasteiger charge is -2.23. The maximum atomic E-state index is 12.6. The van der Waals surface area contributed by atoms with Gasteiger partial charge in [0.15, 0.2) is 0 Å². The zero-order valence-electron chi connectivity index (χ0n) is 10.5. The van der Waals surface area contributed by atoms with E-state index in [0.29, 0.717) is 18.2 Å². The molecular weight excluding hydrogens is 309 g/mol. The van der Waals surface area contributed by atoms with Crippen molar-refractivity contribution in [2.75, 3.05) is 20.3 Å². The number of halogens is 2. The lowest BCUT2D eigenvalue weighted by atomic mass is 10.2. The van der Waals surface area contributed by atoms with Gasteiger partial charge in [-0.3, -0.25) is 0 Å². The first kappa shape index (κ1) is 15.1. The van der Waals surface area contributed by atoms with Gasteiger partial charge in [0.1, 0.15) is 0 Å². The predicted molar refractivity (Wildman–Crippen MR) is 75.3 cm³/mol. The van der Waals surface area contributed by atoms with Crippen molar-refractivity contribution in [1.82, 2.24) is 4.31 Å². The average Bonchev–Trinajstić information content (AvgIpc) is 2.82. The molecule has 4 nitrogen and oxygen atoms in total. The van der Waals surface area contributed by atoms with Crippen molar-refractivity contribution in [3.05, 3.63) is 28.2 Å². The van der Waals surface area contributed by atoms with Gasteiger partial charge in [-0.1, -0.05) is 23.2 Å². The number of rotatable bonds is 4. The lowest BCUT2D eigenvalue weighted by Crippen LogP contribution is -2.38. The first-order chi connectivity index (χ1) is 8.96. The highest BCUT2D eigenvalue weighted by Crippen LogP contribution is 2.30. The topological polar surface area (TPSA) is 46.6 Å². The Hall–Kier alpha value is -0.330. The molecule has 1 aromatic rings. The lowest BCUT2D eigenvalue weighted by molar-refractivity contribution is 0.149. The molecule has 2 rings (SSSR count). The summed E-state index contributed by atoms with van der Waals surface area (Å²) in [6.07, 6.45) is 1.66. The minimum atomic E-state index is -3.54. The van der Waals surface area contributed by atoms with Crippen molar-refractivity contribution in [3.8, 4) is 0 Å². The van der Waals surface area contributed by atoms with Crippen LogP contribution in [0.4, 0.5) is 0 Å². The molecule has 1 atom stereocenters. The molecule has 1 aliphatic heterocycles. The summed E-state index contributed by atoms with van der Waals surface area (Å²) < 4.78 is 31.7. The number of sulfonamides is 1. The van der Waals surface area contributed by atoms with Crippen molar-refractivity contribution in [2.45, 2.75) is 23.8 Å². The first-order valence-corrected chi connectivity index (χ1v) is 8.12. The molecular formula is C12H15Cl2NO3S. The van der Waals surface area contributed by atoms with Crippen LogP contribution in [0, 0.1) is 0 Å². The van der Waals surface area contributed by atoms with Gasteiger partial charge in [0, 0.05) is 19.7 Å². The average molecular weight is 324 g/mol. The van der Waals surface area contributed by atoms with Crippen molar-refractivity contribution in [2.24, 2.45) is 0 Å². The van der Waals surface area contributed by atoms with E-state index in [1.165, 1.54) is 22.5 Å².